The van der Waals surface area contributed by atoms with Crippen LogP contribution in [0.15, 0.2) is 0 Å². The molecule has 2 fully saturated rings. The lowest BCUT2D eigenvalue weighted by Crippen LogP contribution is -2.48. The summed E-state index contributed by atoms with van der Waals surface area (Å²) >= 11 is 0. The van der Waals surface area contributed by atoms with Crippen molar-refractivity contribution in [3.8, 4) is 0 Å². The molecule has 0 atom stereocenters. The van der Waals surface area contributed by atoms with Gasteiger partial charge in [0.15, 0.2) is 15.5 Å². The summed E-state index contributed by atoms with van der Waals surface area (Å²) in [6, 6.07) is 0. The zero-order chi connectivity index (χ0) is 21.0. The van der Waals surface area contributed by atoms with Crippen LogP contribution in [0.4, 0.5) is 0 Å². The van der Waals surface area contributed by atoms with E-state index in [1.807, 2.05) is 6.92 Å². The Morgan fingerprint density at radius 1 is 1.17 bits per heavy atom. The predicted octanol–water partition coefficient (Wildman–Crippen LogP) is 1.88. The van der Waals surface area contributed by atoms with Crippen LogP contribution in [0.25, 0.3) is 0 Å². The Morgan fingerprint density at radius 2 is 1.83 bits per heavy atom. The molecule has 9 heteroatoms. The van der Waals surface area contributed by atoms with E-state index >= 15 is 0 Å². The maximum Gasteiger partial charge on any atom is 0.359 e. The lowest BCUT2D eigenvalue weighted by molar-refractivity contribution is 0.0517. The Kier molecular flexibility index (Phi) is 4.79. The minimum atomic E-state index is -3.29. The van der Waals surface area contributed by atoms with Crippen molar-refractivity contribution in [3.05, 3.63) is 17.0 Å². The average molecular weight is 424 g/mol. The number of rotatable bonds is 8. The standard InChI is InChI=1S/C20H29N3O5S/c1-4-7-19(8-9-19)29(26,27)20(10-11-20)13-23-12-6-14-15(18(25)28-5-2)21-22(3)16(14)17(23)24/h4-13H2,1-3H3. The molecule has 1 aromatic rings. The van der Waals surface area contributed by atoms with E-state index in [1.165, 1.54) is 4.68 Å². The summed E-state index contributed by atoms with van der Waals surface area (Å²) in [4.78, 5) is 27.0. The van der Waals surface area contributed by atoms with Gasteiger partial charge in [0, 0.05) is 25.7 Å². The van der Waals surface area contributed by atoms with E-state index in [-0.39, 0.29) is 24.8 Å². The zero-order valence-electron chi connectivity index (χ0n) is 17.4. The second kappa shape index (κ2) is 6.82. The van der Waals surface area contributed by atoms with Crippen molar-refractivity contribution < 1.29 is 22.7 Å². The largest absolute Gasteiger partial charge is 0.461 e. The third kappa shape index (κ3) is 3.00. The number of esters is 1. The molecule has 1 aromatic heterocycles. The fourth-order valence-corrected chi connectivity index (χ4v) is 7.79. The van der Waals surface area contributed by atoms with Crippen LogP contribution < -0.4 is 0 Å². The predicted molar refractivity (Wildman–Crippen MR) is 107 cm³/mol. The number of aryl methyl sites for hydroxylation is 1. The summed E-state index contributed by atoms with van der Waals surface area (Å²) in [6.07, 6.45) is 4.77. The van der Waals surface area contributed by atoms with Gasteiger partial charge in [-0.2, -0.15) is 5.10 Å². The third-order valence-corrected chi connectivity index (χ3v) is 10.1. The van der Waals surface area contributed by atoms with Gasteiger partial charge >= 0.3 is 5.97 Å². The topological polar surface area (TPSA) is 98.6 Å². The lowest BCUT2D eigenvalue weighted by Gasteiger charge is -2.32. The number of carbonyl (C=O) groups is 2. The zero-order valence-corrected chi connectivity index (χ0v) is 18.2. The van der Waals surface area contributed by atoms with E-state index in [4.69, 9.17) is 4.74 Å². The Labute approximate surface area is 171 Å². The number of ether oxygens (including phenoxy) is 1. The first kappa shape index (κ1) is 20.4. The Morgan fingerprint density at radius 3 is 2.38 bits per heavy atom. The van der Waals surface area contributed by atoms with Gasteiger partial charge in [-0.05, 0) is 45.4 Å². The monoisotopic (exact) mass is 423 g/mol. The highest BCUT2D eigenvalue weighted by Gasteiger charge is 2.67. The third-order valence-electron chi connectivity index (χ3n) is 6.68. The first-order valence-corrected chi connectivity index (χ1v) is 12.0. The fourth-order valence-electron chi connectivity index (χ4n) is 4.79. The molecule has 0 spiro atoms. The van der Waals surface area contributed by atoms with Crippen molar-refractivity contribution in [2.75, 3.05) is 19.7 Å². The second-order valence-corrected chi connectivity index (χ2v) is 11.4. The molecule has 0 bridgehead atoms. The van der Waals surface area contributed by atoms with Crippen LogP contribution in [-0.2, 0) is 28.0 Å². The molecule has 2 aliphatic carbocycles. The van der Waals surface area contributed by atoms with Crippen molar-refractivity contribution in [1.82, 2.24) is 14.7 Å². The van der Waals surface area contributed by atoms with Crippen molar-refractivity contribution >= 4 is 21.7 Å². The number of amides is 1. The molecule has 0 N–H and O–H groups in total. The molecule has 1 aliphatic heterocycles. The molecule has 0 aromatic carbocycles. The number of carbonyl (C=O) groups excluding carboxylic acids is 2. The molecule has 0 radical (unpaired) electrons. The van der Waals surface area contributed by atoms with Crippen LogP contribution in [-0.4, -0.2) is 64.2 Å². The summed E-state index contributed by atoms with van der Waals surface area (Å²) in [5.41, 5.74) is 1.15. The number of hydrogen-bond acceptors (Lipinski definition) is 6. The van der Waals surface area contributed by atoms with Gasteiger partial charge < -0.3 is 9.64 Å². The Balaban J connectivity index is 1.57. The summed E-state index contributed by atoms with van der Waals surface area (Å²) in [5.74, 6) is -0.777. The van der Waals surface area contributed by atoms with Crippen molar-refractivity contribution in [3.63, 3.8) is 0 Å². The van der Waals surface area contributed by atoms with E-state index in [0.717, 1.165) is 19.3 Å². The van der Waals surface area contributed by atoms with Gasteiger partial charge in [-0.25, -0.2) is 13.2 Å². The molecular formula is C20H29N3O5S. The Hall–Kier alpha value is -1.90. The van der Waals surface area contributed by atoms with Gasteiger partial charge in [0.25, 0.3) is 5.91 Å². The van der Waals surface area contributed by atoms with Gasteiger partial charge in [-0.3, -0.25) is 9.48 Å². The summed E-state index contributed by atoms with van der Waals surface area (Å²) in [5, 5.41) is 4.21. The molecule has 1 amide bonds. The van der Waals surface area contributed by atoms with Gasteiger partial charge in [0.05, 0.1) is 16.1 Å². The van der Waals surface area contributed by atoms with E-state index in [0.29, 0.717) is 43.5 Å². The van der Waals surface area contributed by atoms with Crippen LogP contribution in [0.5, 0.6) is 0 Å². The van der Waals surface area contributed by atoms with Crippen molar-refractivity contribution in [1.29, 1.82) is 0 Å². The van der Waals surface area contributed by atoms with Gasteiger partial charge in [0.1, 0.15) is 5.69 Å². The minimum absolute atomic E-state index is 0.186. The van der Waals surface area contributed by atoms with Crippen molar-refractivity contribution in [2.24, 2.45) is 7.05 Å². The maximum atomic E-state index is 13.4. The summed E-state index contributed by atoms with van der Waals surface area (Å²) < 4.78 is 32.0. The molecule has 2 saturated carbocycles. The lowest BCUT2D eigenvalue weighted by atomic mass is 10.0. The highest BCUT2D eigenvalue weighted by Crippen LogP contribution is 2.58. The number of aromatic nitrogens is 2. The van der Waals surface area contributed by atoms with Crippen LogP contribution in [0.3, 0.4) is 0 Å². The first-order valence-electron chi connectivity index (χ1n) is 10.5. The molecule has 29 heavy (non-hydrogen) atoms. The number of nitrogens with zero attached hydrogens (tertiary/aromatic N) is 3. The van der Waals surface area contributed by atoms with Crippen LogP contribution in [0, 0.1) is 0 Å². The highest BCUT2D eigenvalue weighted by molar-refractivity contribution is 7.94. The smallest absolute Gasteiger partial charge is 0.359 e. The molecule has 0 unspecified atom stereocenters. The number of sulfone groups is 1. The highest BCUT2D eigenvalue weighted by atomic mass is 32.2. The normalized spacial score (nSPS) is 21.6. The second-order valence-electron chi connectivity index (χ2n) is 8.62. The molecule has 4 rings (SSSR count). The van der Waals surface area contributed by atoms with Crippen molar-refractivity contribution in [2.45, 2.75) is 68.3 Å². The van der Waals surface area contributed by atoms with Gasteiger partial charge in [-0.15, -0.1) is 0 Å². The Bertz CT molecular complexity index is 957. The van der Waals surface area contributed by atoms with Gasteiger partial charge in [0.2, 0.25) is 0 Å². The van der Waals surface area contributed by atoms with E-state index < -0.39 is 25.3 Å². The van der Waals surface area contributed by atoms with E-state index in [9.17, 15) is 18.0 Å². The first-order chi connectivity index (χ1) is 13.7. The van der Waals surface area contributed by atoms with E-state index in [2.05, 4.69) is 5.10 Å². The van der Waals surface area contributed by atoms with E-state index in [1.54, 1.807) is 18.9 Å². The minimum Gasteiger partial charge on any atom is -0.461 e. The molecule has 8 nitrogen and oxygen atoms in total. The summed E-state index contributed by atoms with van der Waals surface area (Å²) in [7, 11) is -1.66. The maximum absolute atomic E-state index is 13.4. The molecular weight excluding hydrogens is 394 g/mol. The van der Waals surface area contributed by atoms with Crippen LogP contribution in [0.1, 0.15) is 78.9 Å². The van der Waals surface area contributed by atoms with Crippen LogP contribution in [0.2, 0.25) is 0 Å². The SMILES string of the molecule is CCCC1(S(=O)(=O)C2(CN3CCc4c(C(=O)OCC)nn(C)c4C3=O)CC2)CC1. The summed E-state index contributed by atoms with van der Waals surface area (Å²) in [6.45, 7) is 4.61. The molecule has 3 aliphatic rings. The number of hydrogen-bond donors (Lipinski definition) is 0. The van der Waals surface area contributed by atoms with Gasteiger partial charge in [-0.1, -0.05) is 13.3 Å². The van der Waals surface area contributed by atoms with Crippen LogP contribution >= 0.6 is 0 Å². The molecule has 0 saturated heterocycles. The molecule has 160 valence electrons. The average Bonchev–Trinajstić information content (AvgIpc) is 3.58. The fraction of sp³-hybridized carbons (Fsp3) is 0.750. The number of fused-ring (bicyclic) bond motifs is 1. The molecule has 2 heterocycles. The quantitative estimate of drug-likeness (QED) is 0.592.